The van der Waals surface area contributed by atoms with Crippen LogP contribution in [-0.2, 0) is 25.7 Å². The van der Waals surface area contributed by atoms with E-state index < -0.39 is 12.3 Å². The number of hydrogen-bond donors (Lipinski definition) is 4. The van der Waals surface area contributed by atoms with Gasteiger partial charge in [0, 0.05) is 36.3 Å². The van der Waals surface area contributed by atoms with E-state index in [-0.39, 0.29) is 31.1 Å². The number of aliphatic hydroxyl groups excluding tert-OH is 1. The summed E-state index contributed by atoms with van der Waals surface area (Å²) in [5, 5.41) is 28.4. The standard InChI is InChI=1S/C27H32N4O6S/c32-15-18-6-8-19(9-7-18)23-14-22(16-38-27-28-17-29-31-27)36-26(37-23)20-10-12-21(13-11-20)30-24(33)4-2-1-3-5-25(34)35/h6-13,17,22-23,26,32H,1-5,14-16H2,(H,30,33)(H,34,35)(H,28,29,31)/t22-,23+,26+/m1/s1. The van der Waals surface area contributed by atoms with E-state index in [0.29, 0.717) is 43.5 Å². The lowest BCUT2D eigenvalue weighted by molar-refractivity contribution is -0.245. The minimum atomic E-state index is -0.814. The fraction of sp³-hybridized carbons (Fsp3) is 0.407. The molecule has 38 heavy (non-hydrogen) atoms. The highest BCUT2D eigenvalue weighted by Gasteiger charge is 2.32. The van der Waals surface area contributed by atoms with Gasteiger partial charge in [0.25, 0.3) is 0 Å². The quantitative estimate of drug-likeness (QED) is 0.180. The highest BCUT2D eigenvalue weighted by Crippen LogP contribution is 2.39. The predicted octanol–water partition coefficient (Wildman–Crippen LogP) is 4.61. The Morgan fingerprint density at radius 1 is 1.00 bits per heavy atom. The number of nitrogens with zero attached hydrogens (tertiary/aromatic N) is 2. The Morgan fingerprint density at radius 3 is 2.42 bits per heavy atom. The first kappa shape index (κ1) is 27.8. The Balaban J connectivity index is 1.37. The Hall–Kier alpha value is -3.25. The lowest BCUT2D eigenvalue weighted by atomic mass is 10.0. The van der Waals surface area contributed by atoms with Crippen LogP contribution in [0.1, 0.15) is 67.6 Å². The van der Waals surface area contributed by atoms with Crippen molar-refractivity contribution in [1.29, 1.82) is 0 Å². The second-order valence-corrected chi connectivity index (χ2v) is 10.1. The summed E-state index contributed by atoms with van der Waals surface area (Å²) in [4.78, 5) is 27.0. The Kier molecular flexibility index (Phi) is 10.3. The maximum atomic E-state index is 12.2. The second kappa shape index (κ2) is 14.1. The molecule has 4 N–H and O–H groups in total. The fourth-order valence-corrected chi connectivity index (χ4v) is 4.94. The van der Waals surface area contributed by atoms with Gasteiger partial charge in [-0.2, -0.15) is 5.10 Å². The van der Waals surface area contributed by atoms with Gasteiger partial charge < -0.3 is 25.0 Å². The van der Waals surface area contributed by atoms with Gasteiger partial charge in [0.05, 0.1) is 18.8 Å². The molecule has 0 unspecified atom stereocenters. The van der Waals surface area contributed by atoms with Crippen LogP contribution in [0.15, 0.2) is 60.0 Å². The summed E-state index contributed by atoms with van der Waals surface area (Å²) in [6.45, 7) is -0.0123. The summed E-state index contributed by atoms with van der Waals surface area (Å²) in [7, 11) is 0. The van der Waals surface area contributed by atoms with Crippen LogP contribution < -0.4 is 5.32 Å². The number of aromatic amines is 1. The van der Waals surface area contributed by atoms with Gasteiger partial charge in [0.1, 0.15) is 6.33 Å². The van der Waals surface area contributed by atoms with Crippen LogP contribution >= 0.6 is 11.8 Å². The number of aliphatic carboxylic acids is 1. The van der Waals surface area contributed by atoms with Gasteiger partial charge in [-0.3, -0.25) is 14.7 Å². The number of H-pyrrole nitrogens is 1. The van der Waals surface area contributed by atoms with Crippen molar-refractivity contribution in [2.24, 2.45) is 0 Å². The number of benzene rings is 2. The van der Waals surface area contributed by atoms with Crippen LogP contribution in [-0.4, -0.2) is 49.1 Å². The lowest BCUT2D eigenvalue weighted by Gasteiger charge is -2.36. The maximum absolute atomic E-state index is 12.2. The molecule has 3 atom stereocenters. The number of unbranched alkanes of at least 4 members (excludes halogenated alkanes) is 2. The number of carbonyl (C=O) groups is 2. The van der Waals surface area contributed by atoms with E-state index in [1.165, 1.54) is 18.1 Å². The first-order chi connectivity index (χ1) is 18.5. The zero-order valence-electron chi connectivity index (χ0n) is 20.9. The predicted molar refractivity (Wildman–Crippen MR) is 141 cm³/mol. The Bertz CT molecular complexity index is 1160. The number of nitrogens with one attached hydrogen (secondary N) is 2. The molecule has 10 nitrogen and oxygen atoms in total. The van der Waals surface area contributed by atoms with Crippen LogP contribution in [0.4, 0.5) is 5.69 Å². The zero-order valence-corrected chi connectivity index (χ0v) is 21.7. The molecule has 4 rings (SSSR count). The highest BCUT2D eigenvalue weighted by atomic mass is 32.2. The van der Waals surface area contributed by atoms with E-state index in [1.807, 2.05) is 48.5 Å². The van der Waals surface area contributed by atoms with Crippen molar-refractivity contribution in [2.45, 2.75) is 68.8 Å². The number of aromatic nitrogens is 3. The smallest absolute Gasteiger partial charge is 0.303 e. The molecule has 3 aromatic rings. The average molecular weight is 541 g/mol. The van der Waals surface area contributed by atoms with Crippen molar-refractivity contribution in [3.05, 3.63) is 71.5 Å². The van der Waals surface area contributed by atoms with Gasteiger partial charge >= 0.3 is 5.97 Å². The number of carbonyl (C=O) groups excluding carboxylic acids is 1. The summed E-state index contributed by atoms with van der Waals surface area (Å²) in [5.74, 6) is -0.249. The van der Waals surface area contributed by atoms with E-state index >= 15 is 0 Å². The number of aliphatic hydroxyl groups is 1. The molecule has 1 amide bonds. The number of rotatable bonds is 13. The van der Waals surface area contributed by atoms with Crippen LogP contribution in [0.25, 0.3) is 0 Å². The van der Waals surface area contributed by atoms with E-state index in [2.05, 4.69) is 20.5 Å². The van der Waals surface area contributed by atoms with Crippen molar-refractivity contribution < 1.29 is 29.3 Å². The van der Waals surface area contributed by atoms with Gasteiger partial charge in [0.15, 0.2) is 11.4 Å². The number of thioether (sulfide) groups is 1. The molecule has 1 aromatic heterocycles. The lowest BCUT2D eigenvalue weighted by Crippen LogP contribution is -2.31. The van der Waals surface area contributed by atoms with Crippen LogP contribution in [0.2, 0.25) is 0 Å². The minimum absolute atomic E-state index is 0.0123. The van der Waals surface area contributed by atoms with Crippen LogP contribution in [0.5, 0.6) is 0 Å². The van der Waals surface area contributed by atoms with Gasteiger partial charge in [-0.15, -0.1) is 0 Å². The Morgan fingerprint density at radius 2 is 1.74 bits per heavy atom. The van der Waals surface area contributed by atoms with E-state index in [0.717, 1.165) is 21.8 Å². The number of anilines is 1. The monoisotopic (exact) mass is 540 g/mol. The number of ether oxygens (including phenoxy) is 2. The largest absolute Gasteiger partial charge is 0.481 e. The van der Waals surface area contributed by atoms with Crippen molar-refractivity contribution in [3.63, 3.8) is 0 Å². The highest BCUT2D eigenvalue weighted by molar-refractivity contribution is 7.99. The summed E-state index contributed by atoms with van der Waals surface area (Å²) < 4.78 is 12.7. The minimum Gasteiger partial charge on any atom is -0.481 e. The maximum Gasteiger partial charge on any atom is 0.303 e. The summed E-state index contributed by atoms with van der Waals surface area (Å²) in [5.41, 5.74) is 3.36. The van der Waals surface area contributed by atoms with Crippen LogP contribution in [0, 0.1) is 0 Å². The summed E-state index contributed by atoms with van der Waals surface area (Å²) in [6.07, 6.45) is 3.64. The van der Waals surface area contributed by atoms with E-state index in [9.17, 15) is 14.7 Å². The Labute approximate surface area is 225 Å². The first-order valence-corrected chi connectivity index (χ1v) is 13.6. The molecular formula is C27H32N4O6S. The van der Waals surface area contributed by atoms with E-state index in [1.54, 1.807) is 0 Å². The third-order valence-electron chi connectivity index (χ3n) is 6.17. The molecule has 2 heterocycles. The van der Waals surface area contributed by atoms with Crippen molar-refractivity contribution >= 4 is 29.3 Å². The molecule has 11 heteroatoms. The number of hydrogen-bond acceptors (Lipinski definition) is 8. The topological polar surface area (TPSA) is 147 Å². The third-order valence-corrected chi connectivity index (χ3v) is 7.18. The molecule has 1 saturated heterocycles. The molecule has 202 valence electrons. The molecule has 2 aromatic carbocycles. The normalized spacial score (nSPS) is 19.2. The van der Waals surface area contributed by atoms with Crippen molar-refractivity contribution in [1.82, 2.24) is 15.2 Å². The van der Waals surface area contributed by atoms with E-state index in [4.69, 9.17) is 14.6 Å². The molecule has 0 aliphatic carbocycles. The zero-order chi connectivity index (χ0) is 26.7. The molecule has 0 spiro atoms. The molecule has 0 saturated carbocycles. The van der Waals surface area contributed by atoms with Gasteiger partial charge in [-0.05, 0) is 36.1 Å². The van der Waals surface area contributed by atoms with Crippen molar-refractivity contribution in [3.8, 4) is 0 Å². The molecular weight excluding hydrogens is 508 g/mol. The van der Waals surface area contributed by atoms with Crippen molar-refractivity contribution in [2.75, 3.05) is 11.1 Å². The summed E-state index contributed by atoms with van der Waals surface area (Å²) >= 11 is 1.53. The average Bonchev–Trinajstić information content (AvgIpc) is 3.46. The SMILES string of the molecule is O=C(O)CCCCCC(=O)Nc1ccc([C@H]2O[C@@H](CSc3ncn[nH]3)C[C@@H](c3ccc(CO)cc3)O2)cc1. The van der Waals surface area contributed by atoms with Gasteiger partial charge in [-0.25, -0.2) is 4.98 Å². The number of amides is 1. The van der Waals surface area contributed by atoms with Gasteiger partial charge in [0.2, 0.25) is 5.91 Å². The number of carboxylic acid groups (broad SMARTS) is 1. The van der Waals surface area contributed by atoms with Gasteiger partial charge in [-0.1, -0.05) is 54.6 Å². The molecule has 1 aliphatic heterocycles. The molecule has 1 aliphatic rings. The number of carboxylic acids is 1. The summed E-state index contributed by atoms with van der Waals surface area (Å²) in [6, 6.07) is 15.1. The first-order valence-electron chi connectivity index (χ1n) is 12.6. The van der Waals surface area contributed by atoms with Crippen LogP contribution in [0.3, 0.4) is 0 Å². The fourth-order valence-electron chi connectivity index (χ4n) is 4.14. The second-order valence-electron chi connectivity index (χ2n) is 9.08. The molecule has 0 bridgehead atoms. The third kappa shape index (κ3) is 8.38. The molecule has 0 radical (unpaired) electrons. The molecule has 1 fully saturated rings.